The van der Waals surface area contributed by atoms with E-state index in [1.807, 2.05) is 0 Å². The molecular weight excluding hydrogens is 798 g/mol. The molecule has 0 aliphatic carbocycles. The monoisotopic (exact) mass is 855 g/mol. The highest BCUT2D eigenvalue weighted by molar-refractivity contribution is 5.75. The molecule has 4 aliphatic rings. The van der Waals surface area contributed by atoms with Gasteiger partial charge in [0.2, 0.25) is 6.29 Å². The number of fused-ring (bicyclic) bond motifs is 1. The first-order chi connectivity index (χ1) is 27.4. The third-order valence-corrected chi connectivity index (χ3v) is 10.2. The van der Waals surface area contributed by atoms with Crippen LogP contribution in [0.4, 0.5) is 0 Å². The van der Waals surface area contributed by atoms with Gasteiger partial charge in [-0.25, -0.2) is 4.99 Å². The summed E-state index contributed by atoms with van der Waals surface area (Å²) in [7, 11) is 0. The summed E-state index contributed by atoms with van der Waals surface area (Å²) in [4.78, 5) is 4.09. The van der Waals surface area contributed by atoms with Gasteiger partial charge in [0, 0.05) is 13.5 Å². The van der Waals surface area contributed by atoms with E-state index in [9.17, 15) is 81.7 Å². The molecule has 0 radical (unpaired) electrons. The summed E-state index contributed by atoms with van der Waals surface area (Å²) in [5.74, 6) is 0.126. The Morgan fingerprint density at radius 3 is 1.79 bits per heavy atom. The molecule has 0 aromatic heterocycles. The van der Waals surface area contributed by atoms with Gasteiger partial charge in [-0.2, -0.15) is 0 Å². The fourth-order valence-corrected chi connectivity index (χ4v) is 6.74. The molecule has 4 aliphatic heterocycles. The number of ether oxygens (including phenoxy) is 8. The van der Waals surface area contributed by atoms with Gasteiger partial charge in [-0.15, -0.1) is 0 Å². The molecule has 3 saturated heterocycles. The lowest BCUT2D eigenvalue weighted by Crippen LogP contribution is -2.65. The van der Waals surface area contributed by atoms with Crippen LogP contribution in [-0.4, -0.2) is 267 Å². The zero-order chi connectivity index (χ0) is 43.2. The maximum Gasteiger partial charge on any atom is 0.227 e. The first kappa shape index (κ1) is 49.2. The van der Waals surface area contributed by atoms with E-state index in [-0.39, 0.29) is 12.3 Å². The van der Waals surface area contributed by atoms with Crippen molar-refractivity contribution in [2.45, 2.75) is 161 Å². The largest absolute Gasteiger partial charge is 0.450 e. The molecule has 0 amide bonds. The van der Waals surface area contributed by atoms with Gasteiger partial charge in [0.25, 0.3) is 0 Å². The van der Waals surface area contributed by atoms with Crippen molar-refractivity contribution in [3.63, 3.8) is 0 Å². The van der Waals surface area contributed by atoms with E-state index in [2.05, 4.69) is 4.99 Å². The van der Waals surface area contributed by atoms with E-state index in [0.717, 1.165) is 0 Å². The van der Waals surface area contributed by atoms with E-state index in [1.165, 1.54) is 6.92 Å². The fourth-order valence-electron chi connectivity index (χ4n) is 6.74. The Balaban J connectivity index is 1.59. The van der Waals surface area contributed by atoms with Gasteiger partial charge in [0.05, 0.1) is 38.6 Å². The molecule has 0 aromatic carbocycles. The minimum absolute atomic E-state index is 0.126. The molecule has 8 unspecified atom stereocenters. The fraction of sp³-hybridized carbons (Fsp3) is 0.969. The van der Waals surface area contributed by atoms with Gasteiger partial charge < -0.3 is 125 Å². The number of aliphatic hydroxyl groups is 17. The summed E-state index contributed by atoms with van der Waals surface area (Å²) in [6.45, 7) is -2.51. The van der Waals surface area contributed by atoms with E-state index < -0.39 is 181 Å². The average molecular weight is 856 g/mol. The molecule has 4 heterocycles. The van der Waals surface area contributed by atoms with Crippen molar-refractivity contribution in [1.82, 2.24) is 0 Å². The molecular formula is C32H57NO25. The molecule has 340 valence electrons. The molecule has 26 heteroatoms. The Labute approximate surface area is 329 Å². The second kappa shape index (κ2) is 22.0. The average Bonchev–Trinajstić information content (AvgIpc) is 3.59. The summed E-state index contributed by atoms with van der Waals surface area (Å²) in [6, 6.07) is -1.10. The molecule has 17 N–H and O–H groups in total. The lowest BCUT2D eigenvalue weighted by molar-refractivity contribution is -0.380. The molecule has 58 heavy (non-hydrogen) atoms. The lowest BCUT2D eigenvalue weighted by Gasteiger charge is -2.47. The summed E-state index contributed by atoms with van der Waals surface area (Å²) in [5, 5.41) is 177. The molecule has 0 spiro atoms. The number of aliphatic imine (C=N–C) groups is 1. The maximum absolute atomic E-state index is 11.5. The smallest absolute Gasteiger partial charge is 0.227 e. The van der Waals surface area contributed by atoms with Crippen LogP contribution >= 0.6 is 0 Å². The van der Waals surface area contributed by atoms with Crippen molar-refractivity contribution in [3.8, 4) is 0 Å². The summed E-state index contributed by atoms with van der Waals surface area (Å²) >= 11 is 0. The van der Waals surface area contributed by atoms with E-state index >= 15 is 0 Å². The van der Waals surface area contributed by atoms with Gasteiger partial charge in [0.15, 0.2) is 31.1 Å². The van der Waals surface area contributed by atoms with Crippen LogP contribution in [0.2, 0.25) is 0 Å². The van der Waals surface area contributed by atoms with Crippen molar-refractivity contribution < 1.29 is 125 Å². The highest BCUT2D eigenvalue weighted by atomic mass is 16.8. The molecule has 0 saturated carbocycles. The Morgan fingerprint density at radius 1 is 0.586 bits per heavy atom. The SMILES string of the molecule is CC1=NC2[C@@H](O1)OC(CO)[C@@H](O[C@H](O)C(O)[C@@H](O[C@H]1O[C@@H](CO)[C@@H](O)C(O)C1O[C@H]1O[C@@H](CO)[C@@H](O)C(O)C1O)[C@H](O)CCO[C@@H](O)[C@H](O)C(O)[C@H](O)CCO)[C@@H]2O. The number of nitrogens with zero attached hydrogens (tertiary/aromatic N) is 1. The van der Waals surface area contributed by atoms with Crippen molar-refractivity contribution >= 4 is 5.90 Å². The quantitative estimate of drug-likeness (QED) is 0.0477. The zero-order valence-corrected chi connectivity index (χ0v) is 31.0. The van der Waals surface area contributed by atoms with Crippen LogP contribution < -0.4 is 0 Å². The predicted octanol–water partition coefficient (Wildman–Crippen LogP) is -10.5. The van der Waals surface area contributed by atoms with Crippen LogP contribution in [0.15, 0.2) is 4.99 Å². The third-order valence-electron chi connectivity index (χ3n) is 10.2. The molecule has 3 fully saturated rings. The normalized spacial score (nSPS) is 41.0. The first-order valence-electron chi connectivity index (χ1n) is 18.4. The van der Waals surface area contributed by atoms with Gasteiger partial charge in [-0.05, 0) is 12.8 Å². The standard InChI is InChI=1S/C32H57NO25/c1-9-33-15-19(43)26(14(8-37)55-30(15)52-9)56-29(50)24(48)25(11(39)3-5-51-28(49)22(46)16(40)10(38)2-4-34)57-32-27(21(45)18(42)13(7-36)54-32)58-31-23(47)20(44)17(41)12(6-35)53-31/h10-32,34-50H,2-8H2,1H3/t10-,11-,12+,13+,14?,15?,16?,17-,18-,19-,20?,21?,22-,23?,24?,25+,26-,27?,28-,29+,30+,31-,32-/m1/s1. The third kappa shape index (κ3) is 11.3. The second-order valence-electron chi connectivity index (χ2n) is 14.2. The van der Waals surface area contributed by atoms with Crippen LogP contribution in [-0.2, 0) is 37.9 Å². The minimum Gasteiger partial charge on any atom is -0.450 e. The Morgan fingerprint density at radius 2 is 1.19 bits per heavy atom. The topological polar surface area (TPSA) is 430 Å². The van der Waals surface area contributed by atoms with Crippen molar-refractivity contribution in [2.24, 2.45) is 4.99 Å². The highest BCUT2D eigenvalue weighted by Gasteiger charge is 2.54. The minimum atomic E-state index is -2.46. The number of aliphatic hydroxyl groups excluding tert-OH is 17. The Kier molecular flexibility index (Phi) is 18.7. The Hall–Kier alpha value is -1.49. The van der Waals surface area contributed by atoms with E-state index in [0.29, 0.717) is 0 Å². The van der Waals surface area contributed by atoms with E-state index in [4.69, 9.17) is 43.0 Å². The number of rotatable bonds is 21. The summed E-state index contributed by atoms with van der Waals surface area (Å²) in [5.41, 5.74) is 0. The summed E-state index contributed by atoms with van der Waals surface area (Å²) < 4.78 is 43.9. The molecule has 26 nitrogen and oxygen atoms in total. The second-order valence-corrected chi connectivity index (χ2v) is 14.2. The van der Waals surface area contributed by atoms with Crippen molar-refractivity contribution in [3.05, 3.63) is 0 Å². The van der Waals surface area contributed by atoms with Gasteiger partial charge in [0.1, 0.15) is 97.6 Å². The lowest BCUT2D eigenvalue weighted by atomic mass is 9.96. The number of hydrogen-bond donors (Lipinski definition) is 17. The molecule has 23 atom stereocenters. The van der Waals surface area contributed by atoms with Crippen LogP contribution in [0, 0.1) is 0 Å². The van der Waals surface area contributed by atoms with Gasteiger partial charge in [-0.1, -0.05) is 0 Å². The van der Waals surface area contributed by atoms with Gasteiger partial charge in [-0.3, -0.25) is 0 Å². The van der Waals surface area contributed by atoms with Crippen LogP contribution in [0.3, 0.4) is 0 Å². The summed E-state index contributed by atoms with van der Waals surface area (Å²) in [6.07, 6.45) is -43.2. The molecule has 0 bridgehead atoms. The highest BCUT2D eigenvalue weighted by Crippen LogP contribution is 2.34. The zero-order valence-electron chi connectivity index (χ0n) is 31.0. The Bertz CT molecular complexity index is 1260. The predicted molar refractivity (Wildman–Crippen MR) is 180 cm³/mol. The van der Waals surface area contributed by atoms with Crippen molar-refractivity contribution in [1.29, 1.82) is 0 Å². The van der Waals surface area contributed by atoms with Crippen LogP contribution in [0.1, 0.15) is 19.8 Å². The van der Waals surface area contributed by atoms with E-state index in [1.54, 1.807) is 0 Å². The van der Waals surface area contributed by atoms with Crippen LogP contribution in [0.25, 0.3) is 0 Å². The maximum atomic E-state index is 11.5. The molecule has 0 aromatic rings. The van der Waals surface area contributed by atoms with Gasteiger partial charge >= 0.3 is 0 Å². The number of hydrogen-bond acceptors (Lipinski definition) is 26. The first-order valence-corrected chi connectivity index (χ1v) is 18.4. The van der Waals surface area contributed by atoms with Crippen molar-refractivity contribution in [2.75, 3.05) is 33.0 Å². The van der Waals surface area contributed by atoms with Crippen LogP contribution in [0.5, 0.6) is 0 Å². The molecule has 4 rings (SSSR count).